The van der Waals surface area contributed by atoms with Crippen LogP contribution in [0, 0.1) is 17.3 Å². The van der Waals surface area contributed by atoms with Crippen LogP contribution in [-0.2, 0) is 10.2 Å². The lowest BCUT2D eigenvalue weighted by Crippen LogP contribution is -2.51. The number of fused-ring (bicyclic) bond motifs is 2. The molecule has 3 heteroatoms. The molecule has 0 aromatic heterocycles. The van der Waals surface area contributed by atoms with Crippen molar-refractivity contribution in [1.82, 2.24) is 0 Å². The Kier molecular flexibility index (Phi) is 4.93. The van der Waals surface area contributed by atoms with Crippen LogP contribution in [0.3, 0.4) is 0 Å². The molecular formula is C19H28FNO. The highest BCUT2D eigenvalue weighted by Gasteiger charge is 2.52. The molecule has 2 bridgehead atoms. The largest absolute Gasteiger partial charge is 0.369 e. The maximum absolute atomic E-state index is 12.0. The summed E-state index contributed by atoms with van der Waals surface area (Å²) in [6.07, 6.45) is 5.56. The Bertz CT molecular complexity index is 513. The van der Waals surface area contributed by atoms with E-state index in [1.165, 1.54) is 24.8 Å². The van der Waals surface area contributed by atoms with Crippen molar-refractivity contribution in [2.45, 2.75) is 51.4 Å². The molecule has 2 aliphatic carbocycles. The van der Waals surface area contributed by atoms with Gasteiger partial charge in [-0.05, 0) is 54.9 Å². The Morgan fingerprint density at radius 1 is 1.18 bits per heavy atom. The lowest BCUT2D eigenvalue weighted by Gasteiger charge is -2.53. The first-order valence-corrected chi connectivity index (χ1v) is 8.17. The summed E-state index contributed by atoms with van der Waals surface area (Å²) in [5, 5.41) is 0. The summed E-state index contributed by atoms with van der Waals surface area (Å²) in [6, 6.07) is 10.8. The molecule has 0 spiro atoms. The molecule has 122 valence electrons. The molecule has 22 heavy (non-hydrogen) atoms. The molecule has 2 N–H and O–H groups in total. The SMILES string of the molecule is CC1CC2CC(C)(C(N)=O)CC(c3ccccc3)(C1)C2.CF. The van der Waals surface area contributed by atoms with E-state index in [0.717, 1.165) is 18.8 Å². The first kappa shape index (κ1) is 17.0. The number of hydrogen-bond donors (Lipinski definition) is 1. The van der Waals surface area contributed by atoms with Crippen LogP contribution in [-0.4, -0.2) is 13.1 Å². The molecule has 4 unspecified atom stereocenters. The minimum absolute atomic E-state index is 0.114. The van der Waals surface area contributed by atoms with Gasteiger partial charge in [0, 0.05) is 5.41 Å². The van der Waals surface area contributed by atoms with Gasteiger partial charge in [-0.25, -0.2) is 0 Å². The van der Waals surface area contributed by atoms with E-state index in [1.54, 1.807) is 0 Å². The first-order valence-electron chi connectivity index (χ1n) is 8.17. The second-order valence-electron chi connectivity index (χ2n) is 7.57. The van der Waals surface area contributed by atoms with Gasteiger partial charge < -0.3 is 5.73 Å². The minimum Gasteiger partial charge on any atom is -0.369 e. The van der Waals surface area contributed by atoms with Crippen LogP contribution >= 0.6 is 0 Å². The summed E-state index contributed by atoms with van der Waals surface area (Å²) in [6.45, 7) is 4.44. The molecule has 1 aromatic rings. The van der Waals surface area contributed by atoms with Crippen LogP contribution in [0.25, 0.3) is 0 Å². The number of nitrogens with two attached hydrogens (primary N) is 1. The molecule has 0 radical (unpaired) electrons. The summed E-state index contributed by atoms with van der Waals surface area (Å²) < 4.78 is 9.50. The van der Waals surface area contributed by atoms with Crippen LogP contribution in [0.1, 0.15) is 51.5 Å². The molecular weight excluding hydrogens is 277 g/mol. The summed E-state index contributed by atoms with van der Waals surface area (Å²) in [5.41, 5.74) is 6.97. The average molecular weight is 305 g/mol. The molecule has 1 aromatic carbocycles. The van der Waals surface area contributed by atoms with Gasteiger partial charge in [0.15, 0.2) is 0 Å². The Hall–Kier alpha value is -1.38. The fourth-order valence-electron chi connectivity index (χ4n) is 5.11. The van der Waals surface area contributed by atoms with Gasteiger partial charge in [0.05, 0.1) is 7.18 Å². The standard InChI is InChI=1S/C18H25NO.CH3F/c1-13-8-14-10-17(2,16(19)20)12-18(9-13,11-14)15-6-4-3-5-7-15;1-2/h3-7,13-14H,8-12H2,1-2H3,(H2,19,20);1H3. The van der Waals surface area contributed by atoms with Crippen LogP contribution < -0.4 is 5.73 Å². The zero-order chi connectivity index (χ0) is 16.4. The number of hydrogen-bond acceptors (Lipinski definition) is 1. The van der Waals surface area contributed by atoms with Crippen molar-refractivity contribution in [3.8, 4) is 0 Å². The molecule has 2 aliphatic rings. The number of carbonyl (C=O) groups is 1. The van der Waals surface area contributed by atoms with Crippen LogP contribution in [0.2, 0.25) is 0 Å². The van der Waals surface area contributed by atoms with Crippen molar-refractivity contribution < 1.29 is 9.18 Å². The van der Waals surface area contributed by atoms with Gasteiger partial charge in [0.1, 0.15) is 0 Å². The van der Waals surface area contributed by atoms with Crippen molar-refractivity contribution in [3.63, 3.8) is 0 Å². The Morgan fingerprint density at radius 2 is 1.82 bits per heavy atom. The first-order chi connectivity index (χ1) is 10.4. The molecule has 0 saturated heterocycles. The number of halogens is 1. The maximum atomic E-state index is 12.0. The fourth-order valence-corrected chi connectivity index (χ4v) is 5.11. The van der Waals surface area contributed by atoms with Gasteiger partial charge in [-0.1, -0.05) is 44.2 Å². The van der Waals surface area contributed by atoms with E-state index in [9.17, 15) is 9.18 Å². The second kappa shape index (κ2) is 6.39. The Morgan fingerprint density at radius 3 is 2.41 bits per heavy atom. The lowest BCUT2D eigenvalue weighted by molar-refractivity contribution is -0.133. The average Bonchev–Trinajstić information content (AvgIpc) is 2.48. The van der Waals surface area contributed by atoms with E-state index < -0.39 is 0 Å². The third kappa shape index (κ3) is 3.04. The fraction of sp³-hybridized carbons (Fsp3) is 0.632. The third-order valence-electron chi connectivity index (χ3n) is 5.60. The minimum atomic E-state index is -0.334. The number of benzene rings is 1. The summed E-state index contributed by atoms with van der Waals surface area (Å²) >= 11 is 0. The molecule has 2 saturated carbocycles. The topological polar surface area (TPSA) is 43.1 Å². The highest BCUT2D eigenvalue weighted by atomic mass is 19.1. The Labute approximate surface area is 133 Å². The normalized spacial score (nSPS) is 36.9. The zero-order valence-corrected chi connectivity index (χ0v) is 13.9. The zero-order valence-electron chi connectivity index (χ0n) is 13.9. The summed E-state index contributed by atoms with van der Waals surface area (Å²) in [7, 11) is 0.500. The smallest absolute Gasteiger partial charge is 0.223 e. The monoisotopic (exact) mass is 305 g/mol. The lowest BCUT2D eigenvalue weighted by atomic mass is 9.50. The van der Waals surface area contributed by atoms with Crippen molar-refractivity contribution in [3.05, 3.63) is 35.9 Å². The quantitative estimate of drug-likeness (QED) is 0.873. The maximum Gasteiger partial charge on any atom is 0.223 e. The molecule has 2 fully saturated rings. The number of rotatable bonds is 2. The molecule has 3 rings (SSSR count). The number of carbonyl (C=O) groups excluding carboxylic acids is 1. The van der Waals surface area contributed by atoms with E-state index in [1.807, 2.05) is 0 Å². The van der Waals surface area contributed by atoms with Gasteiger partial charge in [-0.15, -0.1) is 0 Å². The van der Waals surface area contributed by atoms with Crippen molar-refractivity contribution in [1.29, 1.82) is 0 Å². The third-order valence-corrected chi connectivity index (χ3v) is 5.60. The number of primary amides is 1. The van der Waals surface area contributed by atoms with E-state index in [4.69, 9.17) is 5.73 Å². The van der Waals surface area contributed by atoms with Crippen molar-refractivity contribution >= 4 is 5.91 Å². The summed E-state index contributed by atoms with van der Waals surface area (Å²) in [5.74, 6) is 1.27. The Balaban J connectivity index is 0.000000847. The van der Waals surface area contributed by atoms with E-state index in [-0.39, 0.29) is 16.7 Å². The molecule has 1 amide bonds. The molecule has 0 aliphatic heterocycles. The van der Waals surface area contributed by atoms with Crippen molar-refractivity contribution in [2.24, 2.45) is 23.0 Å². The predicted molar refractivity (Wildman–Crippen MR) is 88.2 cm³/mol. The van der Waals surface area contributed by atoms with Crippen molar-refractivity contribution in [2.75, 3.05) is 7.18 Å². The molecule has 2 nitrogen and oxygen atoms in total. The van der Waals surface area contributed by atoms with E-state index >= 15 is 0 Å². The number of alkyl halides is 1. The highest BCUT2D eigenvalue weighted by molar-refractivity contribution is 5.80. The molecule has 4 atom stereocenters. The van der Waals surface area contributed by atoms with Gasteiger partial charge in [-0.2, -0.15) is 0 Å². The van der Waals surface area contributed by atoms with Gasteiger partial charge in [0.25, 0.3) is 0 Å². The predicted octanol–water partition coefficient (Wildman–Crippen LogP) is 4.23. The van der Waals surface area contributed by atoms with Crippen LogP contribution in [0.4, 0.5) is 4.39 Å². The van der Waals surface area contributed by atoms with E-state index in [2.05, 4.69) is 44.2 Å². The highest BCUT2D eigenvalue weighted by Crippen LogP contribution is 2.57. The summed E-state index contributed by atoms with van der Waals surface area (Å²) in [4.78, 5) is 12.0. The van der Waals surface area contributed by atoms with Gasteiger partial charge >= 0.3 is 0 Å². The van der Waals surface area contributed by atoms with Gasteiger partial charge in [0.2, 0.25) is 5.91 Å². The van der Waals surface area contributed by atoms with Crippen LogP contribution in [0.15, 0.2) is 30.3 Å². The van der Waals surface area contributed by atoms with E-state index in [0.29, 0.717) is 13.1 Å². The number of amides is 1. The van der Waals surface area contributed by atoms with Gasteiger partial charge in [-0.3, -0.25) is 9.18 Å². The molecule has 0 heterocycles. The van der Waals surface area contributed by atoms with Crippen LogP contribution in [0.5, 0.6) is 0 Å². The second-order valence-corrected chi connectivity index (χ2v) is 7.57.